The largest absolute Gasteiger partial charge is 0.463 e. The van der Waals surface area contributed by atoms with Gasteiger partial charge < -0.3 is 10.5 Å². The summed E-state index contributed by atoms with van der Waals surface area (Å²) in [6.45, 7) is 6.81. The number of aromatic nitrogens is 4. The van der Waals surface area contributed by atoms with E-state index in [9.17, 15) is 0 Å². The molecule has 29 heavy (non-hydrogen) atoms. The summed E-state index contributed by atoms with van der Waals surface area (Å²) in [4.78, 5) is 11.3. The van der Waals surface area contributed by atoms with Crippen molar-refractivity contribution in [2.24, 2.45) is 0 Å². The Kier molecular flexibility index (Phi) is 6.24. The average molecular weight is 395 g/mol. The highest BCUT2D eigenvalue weighted by Gasteiger charge is 2.13. The summed E-state index contributed by atoms with van der Waals surface area (Å²) in [7, 11) is 0. The fraction of sp³-hybridized carbons (Fsp3) is 0.500. The normalized spacial score (nSPS) is 15.1. The molecule has 0 atom stereocenters. The van der Waals surface area contributed by atoms with E-state index in [0.717, 1.165) is 24.8 Å². The monoisotopic (exact) mass is 394 g/mol. The molecular weight excluding hydrogens is 364 g/mol. The van der Waals surface area contributed by atoms with E-state index in [2.05, 4.69) is 51.2 Å². The number of piperidine rings is 1. The van der Waals surface area contributed by atoms with Crippen molar-refractivity contribution in [3.8, 4) is 6.01 Å². The van der Waals surface area contributed by atoms with Crippen LogP contribution in [0.25, 0.3) is 11.0 Å². The van der Waals surface area contributed by atoms with Crippen LogP contribution in [0, 0.1) is 0 Å². The number of nitrogens with two attached hydrogens (primary N) is 1. The molecule has 0 saturated carbocycles. The molecule has 7 nitrogen and oxygen atoms in total. The lowest BCUT2D eigenvalue weighted by molar-refractivity contribution is 0.221. The third-order valence-corrected chi connectivity index (χ3v) is 5.44. The number of rotatable bonds is 8. The Balaban J connectivity index is 1.46. The first-order chi connectivity index (χ1) is 14.2. The van der Waals surface area contributed by atoms with Gasteiger partial charge in [0, 0.05) is 6.54 Å². The molecule has 2 aromatic heterocycles. The van der Waals surface area contributed by atoms with Gasteiger partial charge in [0.15, 0.2) is 5.65 Å². The van der Waals surface area contributed by atoms with Crippen LogP contribution < -0.4 is 10.5 Å². The van der Waals surface area contributed by atoms with Gasteiger partial charge in [0.25, 0.3) is 0 Å². The summed E-state index contributed by atoms with van der Waals surface area (Å²) in [5, 5.41) is 5.23. The van der Waals surface area contributed by atoms with Crippen molar-refractivity contribution in [2.75, 3.05) is 25.4 Å². The van der Waals surface area contributed by atoms with Crippen LogP contribution in [0.4, 0.5) is 5.82 Å². The van der Waals surface area contributed by atoms with Gasteiger partial charge in [-0.15, -0.1) is 0 Å². The Morgan fingerprint density at radius 2 is 1.72 bits per heavy atom. The molecule has 2 N–H and O–H groups in total. The van der Waals surface area contributed by atoms with Gasteiger partial charge >= 0.3 is 6.01 Å². The van der Waals surface area contributed by atoms with Crippen LogP contribution in [0.3, 0.4) is 0 Å². The second-order valence-corrected chi connectivity index (χ2v) is 7.79. The lowest BCUT2D eigenvalue weighted by atomic mass is 10.1. The predicted molar refractivity (Wildman–Crippen MR) is 115 cm³/mol. The summed E-state index contributed by atoms with van der Waals surface area (Å²) in [5.74, 6) is 0.407. The smallest absolute Gasteiger partial charge is 0.320 e. The second kappa shape index (κ2) is 9.22. The molecule has 0 bridgehead atoms. The number of nitrogen functional groups attached to an aromatic ring is 1. The quantitative estimate of drug-likeness (QED) is 0.588. The Morgan fingerprint density at radius 1 is 1.00 bits per heavy atom. The standard InChI is InChI=1S/C22H30N6O/c1-2-3-13-29-22-25-20(23)19-14-24-28(21(19)26-22)16-18-9-7-17(8-10-18)15-27-11-5-4-6-12-27/h7-10,14H,2-6,11-13,15-16H2,1H3,(H2,23,25,26). The number of nitrogens with zero attached hydrogens (tertiary/aromatic N) is 5. The number of benzene rings is 1. The van der Waals surface area contributed by atoms with Crippen molar-refractivity contribution >= 4 is 16.9 Å². The van der Waals surface area contributed by atoms with E-state index in [1.165, 1.54) is 43.5 Å². The first kappa shape index (κ1) is 19.6. The Morgan fingerprint density at radius 3 is 2.45 bits per heavy atom. The highest BCUT2D eigenvalue weighted by molar-refractivity contribution is 5.85. The number of hydrogen-bond donors (Lipinski definition) is 1. The lowest BCUT2D eigenvalue weighted by Crippen LogP contribution is -2.29. The van der Waals surface area contributed by atoms with Gasteiger partial charge in [0.1, 0.15) is 5.82 Å². The molecule has 3 heterocycles. The van der Waals surface area contributed by atoms with Crippen LogP contribution in [-0.4, -0.2) is 44.3 Å². The molecule has 7 heteroatoms. The van der Waals surface area contributed by atoms with Crippen molar-refractivity contribution in [3.63, 3.8) is 0 Å². The van der Waals surface area contributed by atoms with Gasteiger partial charge in [0.05, 0.1) is 24.7 Å². The van der Waals surface area contributed by atoms with E-state index in [-0.39, 0.29) is 0 Å². The second-order valence-electron chi connectivity index (χ2n) is 7.79. The van der Waals surface area contributed by atoms with E-state index < -0.39 is 0 Å². The molecule has 0 amide bonds. The minimum Gasteiger partial charge on any atom is -0.463 e. The molecule has 0 unspecified atom stereocenters. The maximum atomic E-state index is 6.09. The summed E-state index contributed by atoms with van der Waals surface area (Å²) < 4.78 is 7.51. The van der Waals surface area contributed by atoms with Crippen molar-refractivity contribution < 1.29 is 4.74 Å². The zero-order valence-electron chi connectivity index (χ0n) is 17.2. The number of hydrogen-bond acceptors (Lipinski definition) is 6. The predicted octanol–water partition coefficient (Wildman–Crippen LogP) is 3.62. The fourth-order valence-corrected chi connectivity index (χ4v) is 3.74. The SMILES string of the molecule is CCCCOc1nc(N)c2cnn(Cc3ccc(CN4CCCCC4)cc3)c2n1. The summed E-state index contributed by atoms with van der Waals surface area (Å²) >= 11 is 0. The topological polar surface area (TPSA) is 82.1 Å². The highest BCUT2D eigenvalue weighted by Crippen LogP contribution is 2.21. The van der Waals surface area contributed by atoms with Crippen LogP contribution in [0.15, 0.2) is 30.5 Å². The van der Waals surface area contributed by atoms with Crippen LogP contribution in [0.5, 0.6) is 6.01 Å². The summed E-state index contributed by atoms with van der Waals surface area (Å²) in [6.07, 6.45) is 7.75. The number of ether oxygens (including phenoxy) is 1. The molecule has 1 aliphatic rings. The van der Waals surface area contributed by atoms with Crippen molar-refractivity contribution in [2.45, 2.75) is 52.1 Å². The zero-order chi connectivity index (χ0) is 20.1. The summed E-state index contributed by atoms with van der Waals surface area (Å²) in [6, 6.07) is 9.12. The van der Waals surface area contributed by atoms with E-state index in [1.807, 2.05) is 4.68 Å². The molecule has 4 rings (SSSR count). The molecule has 1 saturated heterocycles. The fourth-order valence-electron chi connectivity index (χ4n) is 3.74. The maximum Gasteiger partial charge on any atom is 0.320 e. The number of anilines is 1. The third kappa shape index (κ3) is 4.85. The van der Waals surface area contributed by atoms with E-state index >= 15 is 0 Å². The third-order valence-electron chi connectivity index (χ3n) is 5.44. The number of likely N-dealkylation sites (tertiary alicyclic amines) is 1. The molecule has 0 radical (unpaired) electrons. The van der Waals surface area contributed by atoms with Gasteiger partial charge in [-0.1, -0.05) is 44.0 Å². The van der Waals surface area contributed by atoms with Gasteiger partial charge in [-0.05, 0) is 43.5 Å². The van der Waals surface area contributed by atoms with Crippen molar-refractivity contribution in [1.29, 1.82) is 0 Å². The van der Waals surface area contributed by atoms with Crippen LogP contribution >= 0.6 is 0 Å². The van der Waals surface area contributed by atoms with E-state index in [0.29, 0.717) is 30.6 Å². The van der Waals surface area contributed by atoms with Crippen molar-refractivity contribution in [1.82, 2.24) is 24.6 Å². The van der Waals surface area contributed by atoms with Gasteiger partial charge in [-0.25, -0.2) is 4.68 Å². The van der Waals surface area contributed by atoms with Gasteiger partial charge in [-0.3, -0.25) is 4.90 Å². The molecule has 1 aromatic carbocycles. The van der Waals surface area contributed by atoms with Gasteiger partial charge in [-0.2, -0.15) is 15.1 Å². The van der Waals surface area contributed by atoms with E-state index in [1.54, 1.807) is 6.20 Å². The molecule has 3 aromatic rings. The molecule has 0 aliphatic carbocycles. The minimum atomic E-state index is 0.321. The number of fused-ring (bicyclic) bond motifs is 1. The Bertz CT molecular complexity index is 930. The minimum absolute atomic E-state index is 0.321. The highest BCUT2D eigenvalue weighted by atomic mass is 16.5. The summed E-state index contributed by atoms with van der Waals surface area (Å²) in [5.41, 5.74) is 9.34. The Labute approximate surface area is 171 Å². The molecule has 0 spiro atoms. The average Bonchev–Trinajstić information content (AvgIpc) is 3.14. The molecular formula is C22H30N6O. The first-order valence-corrected chi connectivity index (χ1v) is 10.6. The van der Waals surface area contributed by atoms with Crippen LogP contribution in [0.2, 0.25) is 0 Å². The van der Waals surface area contributed by atoms with Crippen LogP contribution in [0.1, 0.15) is 50.2 Å². The van der Waals surface area contributed by atoms with Gasteiger partial charge in [0.2, 0.25) is 0 Å². The molecule has 1 fully saturated rings. The van der Waals surface area contributed by atoms with Crippen molar-refractivity contribution in [3.05, 3.63) is 41.6 Å². The van der Waals surface area contributed by atoms with Crippen LogP contribution in [-0.2, 0) is 13.1 Å². The Hall–Kier alpha value is -2.67. The first-order valence-electron chi connectivity index (χ1n) is 10.6. The maximum absolute atomic E-state index is 6.09. The number of unbranched alkanes of at least 4 members (excludes halogenated alkanes) is 1. The van der Waals surface area contributed by atoms with E-state index in [4.69, 9.17) is 10.5 Å². The lowest BCUT2D eigenvalue weighted by Gasteiger charge is -2.26. The molecule has 154 valence electrons. The molecule has 1 aliphatic heterocycles. The zero-order valence-corrected chi connectivity index (χ0v) is 17.2.